The molecule has 0 atom stereocenters. The molecule has 130 valence electrons. The Labute approximate surface area is 149 Å². The molecular formula is C18H17ClFN3O2. The monoisotopic (exact) mass is 361 g/mol. The highest BCUT2D eigenvalue weighted by atomic mass is 35.5. The first kappa shape index (κ1) is 17.4. The summed E-state index contributed by atoms with van der Waals surface area (Å²) >= 11 is 5.70. The van der Waals surface area contributed by atoms with Gasteiger partial charge in [-0.25, -0.2) is 4.39 Å². The summed E-state index contributed by atoms with van der Waals surface area (Å²) in [5.41, 5.74) is 0.842. The third kappa shape index (κ3) is 4.33. The van der Waals surface area contributed by atoms with Crippen molar-refractivity contribution in [3.8, 4) is 0 Å². The SMILES string of the molecule is O=C(Nc1ccc(F)c(Cl)c1)c1ccnc(C(=O)NC2CCCC2)c1. The van der Waals surface area contributed by atoms with E-state index < -0.39 is 11.7 Å². The lowest BCUT2D eigenvalue weighted by Gasteiger charge is -2.12. The number of carbonyl (C=O) groups is 2. The van der Waals surface area contributed by atoms with Crippen molar-refractivity contribution in [1.82, 2.24) is 10.3 Å². The number of anilines is 1. The van der Waals surface area contributed by atoms with Gasteiger partial charge in [-0.05, 0) is 43.2 Å². The first-order valence-corrected chi connectivity index (χ1v) is 8.44. The lowest BCUT2D eigenvalue weighted by atomic mass is 10.2. The van der Waals surface area contributed by atoms with E-state index in [4.69, 9.17) is 11.6 Å². The lowest BCUT2D eigenvalue weighted by molar-refractivity contribution is 0.0933. The Kier molecular flexibility index (Phi) is 5.28. The standard InChI is InChI=1S/C18H17ClFN3O2/c19-14-10-13(5-6-15(14)20)23-17(24)11-7-8-21-16(9-11)18(25)22-12-3-1-2-4-12/h5-10,12H,1-4H2,(H,22,25)(H,23,24). The summed E-state index contributed by atoms with van der Waals surface area (Å²) in [5.74, 6) is -1.28. The zero-order chi connectivity index (χ0) is 17.8. The van der Waals surface area contributed by atoms with E-state index in [-0.39, 0.29) is 28.2 Å². The molecule has 1 aliphatic carbocycles. The molecule has 2 amide bonds. The Morgan fingerprint density at radius 3 is 2.60 bits per heavy atom. The normalized spacial score (nSPS) is 14.3. The Hall–Kier alpha value is -2.47. The van der Waals surface area contributed by atoms with Gasteiger partial charge in [-0.3, -0.25) is 14.6 Å². The molecule has 7 heteroatoms. The average Bonchev–Trinajstić information content (AvgIpc) is 3.11. The molecule has 0 aliphatic heterocycles. The molecule has 1 aromatic carbocycles. The maximum Gasteiger partial charge on any atom is 0.270 e. The molecule has 0 spiro atoms. The van der Waals surface area contributed by atoms with Crippen LogP contribution in [0.2, 0.25) is 5.02 Å². The van der Waals surface area contributed by atoms with Gasteiger partial charge in [-0.15, -0.1) is 0 Å². The third-order valence-electron chi connectivity index (χ3n) is 4.12. The summed E-state index contributed by atoms with van der Waals surface area (Å²) in [7, 11) is 0. The minimum absolute atomic E-state index is 0.0795. The quantitative estimate of drug-likeness (QED) is 0.870. The van der Waals surface area contributed by atoms with Gasteiger partial charge in [-0.1, -0.05) is 24.4 Å². The largest absolute Gasteiger partial charge is 0.348 e. The van der Waals surface area contributed by atoms with Crippen LogP contribution in [0.15, 0.2) is 36.5 Å². The zero-order valence-corrected chi connectivity index (χ0v) is 14.1. The molecular weight excluding hydrogens is 345 g/mol. The number of hydrogen-bond acceptors (Lipinski definition) is 3. The average molecular weight is 362 g/mol. The Bertz CT molecular complexity index is 807. The minimum Gasteiger partial charge on any atom is -0.348 e. The highest BCUT2D eigenvalue weighted by Gasteiger charge is 2.19. The van der Waals surface area contributed by atoms with E-state index in [1.54, 1.807) is 0 Å². The van der Waals surface area contributed by atoms with E-state index in [1.165, 1.54) is 36.5 Å². The molecule has 1 aromatic heterocycles. The molecule has 2 N–H and O–H groups in total. The van der Waals surface area contributed by atoms with Gasteiger partial charge in [-0.2, -0.15) is 0 Å². The fourth-order valence-electron chi connectivity index (χ4n) is 2.80. The van der Waals surface area contributed by atoms with Gasteiger partial charge in [0.25, 0.3) is 11.8 Å². The van der Waals surface area contributed by atoms with Crippen molar-refractivity contribution in [2.24, 2.45) is 0 Å². The number of hydrogen-bond donors (Lipinski definition) is 2. The van der Waals surface area contributed by atoms with Crippen LogP contribution >= 0.6 is 11.6 Å². The van der Waals surface area contributed by atoms with Crippen molar-refractivity contribution in [3.05, 3.63) is 58.6 Å². The first-order chi connectivity index (χ1) is 12.0. The zero-order valence-electron chi connectivity index (χ0n) is 13.4. The van der Waals surface area contributed by atoms with Crippen LogP contribution in [-0.4, -0.2) is 22.8 Å². The second-order valence-electron chi connectivity index (χ2n) is 5.97. The van der Waals surface area contributed by atoms with Gasteiger partial charge in [0.2, 0.25) is 0 Å². The molecule has 25 heavy (non-hydrogen) atoms. The summed E-state index contributed by atoms with van der Waals surface area (Å²) in [6, 6.07) is 7.02. The van der Waals surface area contributed by atoms with Gasteiger partial charge in [0.05, 0.1) is 5.02 Å². The Morgan fingerprint density at radius 2 is 1.88 bits per heavy atom. The van der Waals surface area contributed by atoms with Crippen LogP contribution in [0, 0.1) is 5.82 Å². The summed E-state index contributed by atoms with van der Waals surface area (Å²) in [5, 5.41) is 5.47. The number of pyridine rings is 1. The number of nitrogens with zero attached hydrogens (tertiary/aromatic N) is 1. The van der Waals surface area contributed by atoms with Gasteiger partial charge < -0.3 is 10.6 Å². The Balaban J connectivity index is 1.70. The topological polar surface area (TPSA) is 71.1 Å². The second-order valence-corrected chi connectivity index (χ2v) is 6.37. The fourth-order valence-corrected chi connectivity index (χ4v) is 2.98. The van der Waals surface area contributed by atoms with Crippen LogP contribution < -0.4 is 10.6 Å². The van der Waals surface area contributed by atoms with Crippen molar-refractivity contribution in [1.29, 1.82) is 0 Å². The van der Waals surface area contributed by atoms with Crippen molar-refractivity contribution in [2.75, 3.05) is 5.32 Å². The van der Waals surface area contributed by atoms with Crippen LogP contribution in [0.1, 0.15) is 46.5 Å². The number of rotatable bonds is 4. The van der Waals surface area contributed by atoms with Crippen molar-refractivity contribution in [3.63, 3.8) is 0 Å². The lowest BCUT2D eigenvalue weighted by Crippen LogP contribution is -2.33. The third-order valence-corrected chi connectivity index (χ3v) is 4.41. The van der Waals surface area contributed by atoms with Crippen LogP contribution in [-0.2, 0) is 0 Å². The van der Waals surface area contributed by atoms with Gasteiger partial charge in [0.1, 0.15) is 11.5 Å². The molecule has 1 heterocycles. The predicted molar refractivity (Wildman–Crippen MR) is 93.3 cm³/mol. The van der Waals surface area contributed by atoms with Crippen LogP contribution in [0.4, 0.5) is 10.1 Å². The smallest absolute Gasteiger partial charge is 0.270 e. The number of halogens is 2. The molecule has 2 aromatic rings. The van der Waals surface area contributed by atoms with E-state index in [9.17, 15) is 14.0 Å². The van der Waals surface area contributed by atoms with E-state index in [2.05, 4.69) is 15.6 Å². The molecule has 0 unspecified atom stereocenters. The maximum absolute atomic E-state index is 13.2. The number of nitrogens with one attached hydrogen (secondary N) is 2. The van der Waals surface area contributed by atoms with Gasteiger partial charge in [0, 0.05) is 23.5 Å². The van der Waals surface area contributed by atoms with Gasteiger partial charge in [0.15, 0.2) is 0 Å². The second kappa shape index (κ2) is 7.61. The molecule has 0 bridgehead atoms. The molecule has 1 aliphatic rings. The van der Waals surface area contributed by atoms with E-state index in [0.717, 1.165) is 25.7 Å². The summed E-state index contributed by atoms with van der Waals surface area (Å²) in [4.78, 5) is 28.6. The van der Waals surface area contributed by atoms with Crippen molar-refractivity contribution >= 4 is 29.1 Å². The van der Waals surface area contributed by atoms with Crippen LogP contribution in [0.25, 0.3) is 0 Å². The number of amides is 2. The summed E-state index contributed by atoms with van der Waals surface area (Å²) in [6.07, 6.45) is 5.58. The van der Waals surface area contributed by atoms with Crippen LogP contribution in [0.3, 0.4) is 0 Å². The number of carbonyl (C=O) groups excluding carboxylic acids is 2. The van der Waals surface area contributed by atoms with Crippen LogP contribution in [0.5, 0.6) is 0 Å². The molecule has 5 nitrogen and oxygen atoms in total. The van der Waals surface area contributed by atoms with Crippen molar-refractivity contribution in [2.45, 2.75) is 31.7 Å². The summed E-state index contributed by atoms with van der Waals surface area (Å²) in [6.45, 7) is 0. The molecule has 0 saturated heterocycles. The van der Waals surface area contributed by atoms with E-state index >= 15 is 0 Å². The van der Waals surface area contributed by atoms with Gasteiger partial charge >= 0.3 is 0 Å². The molecule has 3 rings (SSSR count). The fraction of sp³-hybridized carbons (Fsp3) is 0.278. The highest BCUT2D eigenvalue weighted by molar-refractivity contribution is 6.31. The van der Waals surface area contributed by atoms with E-state index in [1.807, 2.05) is 0 Å². The molecule has 0 radical (unpaired) electrons. The number of benzene rings is 1. The summed E-state index contributed by atoms with van der Waals surface area (Å²) < 4.78 is 13.2. The van der Waals surface area contributed by atoms with E-state index in [0.29, 0.717) is 5.69 Å². The predicted octanol–water partition coefficient (Wildman–Crippen LogP) is 3.80. The number of aromatic nitrogens is 1. The Morgan fingerprint density at radius 1 is 1.12 bits per heavy atom. The first-order valence-electron chi connectivity index (χ1n) is 8.06. The highest BCUT2D eigenvalue weighted by Crippen LogP contribution is 2.20. The van der Waals surface area contributed by atoms with Crippen molar-refractivity contribution < 1.29 is 14.0 Å². The minimum atomic E-state index is -0.561. The molecule has 1 saturated carbocycles. The maximum atomic E-state index is 13.2. The molecule has 1 fully saturated rings.